The Morgan fingerprint density at radius 2 is 2.10 bits per heavy atom. The van der Waals surface area contributed by atoms with Crippen LogP contribution in [0.25, 0.3) is 0 Å². The van der Waals surface area contributed by atoms with Gasteiger partial charge < -0.3 is 10.5 Å². The molecule has 2 atom stereocenters. The highest BCUT2D eigenvalue weighted by Gasteiger charge is 2.19. The average Bonchev–Trinajstić information content (AvgIpc) is 2.48. The Balaban J connectivity index is 1.89. The van der Waals surface area contributed by atoms with Crippen LogP contribution in [-0.4, -0.2) is 37.2 Å². The van der Waals surface area contributed by atoms with Crippen LogP contribution in [0.15, 0.2) is 24.3 Å². The molecule has 0 bridgehead atoms. The summed E-state index contributed by atoms with van der Waals surface area (Å²) in [6, 6.07) is 8.92. The molecule has 0 aliphatic carbocycles. The van der Waals surface area contributed by atoms with Crippen molar-refractivity contribution in [2.75, 3.05) is 26.2 Å². The van der Waals surface area contributed by atoms with Gasteiger partial charge in [-0.15, -0.1) is 0 Å². The number of ether oxygens (including phenoxy) is 1. The maximum Gasteiger partial charge on any atom is 0.0702 e. The zero-order valence-corrected chi connectivity index (χ0v) is 12.8. The summed E-state index contributed by atoms with van der Waals surface area (Å²) in [4.78, 5) is 2.51. The fourth-order valence-corrected chi connectivity index (χ4v) is 2.87. The van der Waals surface area contributed by atoms with E-state index < -0.39 is 0 Å². The van der Waals surface area contributed by atoms with Crippen molar-refractivity contribution in [2.45, 2.75) is 45.3 Å². The third kappa shape index (κ3) is 4.30. The first-order chi connectivity index (χ1) is 9.72. The van der Waals surface area contributed by atoms with Gasteiger partial charge in [0.2, 0.25) is 0 Å². The number of piperidine rings is 1. The second kappa shape index (κ2) is 7.77. The molecule has 0 saturated carbocycles. The lowest BCUT2D eigenvalue weighted by Gasteiger charge is -2.32. The maximum absolute atomic E-state index is 5.76. The summed E-state index contributed by atoms with van der Waals surface area (Å²) in [5.41, 5.74) is 8.43. The Bertz CT molecular complexity index is 388. The molecule has 2 rings (SSSR count). The van der Waals surface area contributed by atoms with E-state index in [9.17, 15) is 0 Å². The molecule has 0 amide bonds. The van der Waals surface area contributed by atoms with E-state index in [0.717, 1.165) is 19.7 Å². The van der Waals surface area contributed by atoms with E-state index in [1.807, 2.05) is 0 Å². The second-order valence-corrected chi connectivity index (χ2v) is 5.83. The number of benzene rings is 1. The van der Waals surface area contributed by atoms with E-state index in [4.69, 9.17) is 10.5 Å². The van der Waals surface area contributed by atoms with Gasteiger partial charge in [0.1, 0.15) is 0 Å². The Morgan fingerprint density at radius 3 is 2.75 bits per heavy atom. The van der Waals surface area contributed by atoms with Crippen LogP contribution in [0.1, 0.15) is 43.7 Å². The summed E-state index contributed by atoms with van der Waals surface area (Å²) >= 11 is 0. The first-order valence-electron chi connectivity index (χ1n) is 7.85. The molecule has 1 aliphatic heterocycles. The van der Waals surface area contributed by atoms with Crippen molar-refractivity contribution < 1.29 is 4.74 Å². The largest absolute Gasteiger partial charge is 0.377 e. The predicted octanol–water partition coefficient (Wildman–Crippen LogP) is 2.75. The quantitative estimate of drug-likeness (QED) is 0.868. The first-order valence-corrected chi connectivity index (χ1v) is 7.85. The molecule has 3 heteroatoms. The molecular formula is C17H28N2O. The molecule has 2 N–H and O–H groups in total. The number of rotatable bonds is 6. The smallest absolute Gasteiger partial charge is 0.0702 e. The van der Waals surface area contributed by atoms with Crippen LogP contribution in [0, 0.1) is 0 Å². The van der Waals surface area contributed by atoms with Gasteiger partial charge in [-0.3, -0.25) is 4.90 Å². The third-order valence-electron chi connectivity index (χ3n) is 4.17. The summed E-state index contributed by atoms with van der Waals surface area (Å²) < 4.78 is 5.76. The Morgan fingerprint density at radius 1 is 1.35 bits per heavy atom. The lowest BCUT2D eigenvalue weighted by Crippen LogP contribution is -2.39. The van der Waals surface area contributed by atoms with Crippen molar-refractivity contribution in [3.63, 3.8) is 0 Å². The lowest BCUT2D eigenvalue weighted by molar-refractivity contribution is 0.00363. The van der Waals surface area contributed by atoms with Gasteiger partial charge in [0.15, 0.2) is 0 Å². The molecule has 1 aliphatic rings. The van der Waals surface area contributed by atoms with Crippen LogP contribution in [0.4, 0.5) is 0 Å². The molecule has 1 saturated heterocycles. The topological polar surface area (TPSA) is 38.5 Å². The molecule has 20 heavy (non-hydrogen) atoms. The monoisotopic (exact) mass is 276 g/mol. The highest BCUT2D eigenvalue weighted by Crippen LogP contribution is 2.18. The third-order valence-corrected chi connectivity index (χ3v) is 4.17. The zero-order chi connectivity index (χ0) is 14.4. The van der Waals surface area contributed by atoms with Crippen molar-refractivity contribution in [3.05, 3.63) is 35.4 Å². The van der Waals surface area contributed by atoms with Gasteiger partial charge in [-0.05, 0) is 49.9 Å². The van der Waals surface area contributed by atoms with Crippen molar-refractivity contribution in [1.82, 2.24) is 4.90 Å². The van der Waals surface area contributed by atoms with Crippen LogP contribution < -0.4 is 5.73 Å². The number of likely N-dealkylation sites (tertiary alicyclic amines) is 1. The van der Waals surface area contributed by atoms with Crippen LogP contribution in [0.2, 0.25) is 0 Å². The van der Waals surface area contributed by atoms with E-state index in [-0.39, 0.29) is 0 Å². The van der Waals surface area contributed by atoms with E-state index >= 15 is 0 Å². The van der Waals surface area contributed by atoms with Crippen molar-refractivity contribution >= 4 is 0 Å². The SMILES string of the molecule is CCOC1CCCN(Cc2ccc(C(C)CN)cc2)C1. The van der Waals surface area contributed by atoms with Gasteiger partial charge in [0.25, 0.3) is 0 Å². The Hall–Kier alpha value is -0.900. The lowest BCUT2D eigenvalue weighted by atomic mass is 9.99. The Labute approximate surface area is 123 Å². The van der Waals surface area contributed by atoms with Gasteiger partial charge in [-0.1, -0.05) is 31.2 Å². The van der Waals surface area contributed by atoms with Crippen LogP contribution in [0.3, 0.4) is 0 Å². The number of nitrogens with two attached hydrogens (primary N) is 1. The highest BCUT2D eigenvalue weighted by molar-refractivity contribution is 5.25. The van der Waals surface area contributed by atoms with Crippen molar-refractivity contribution in [3.8, 4) is 0 Å². The summed E-state index contributed by atoms with van der Waals surface area (Å²) in [6.45, 7) is 9.06. The van der Waals surface area contributed by atoms with Crippen LogP contribution >= 0.6 is 0 Å². The molecule has 1 aromatic rings. The number of hydrogen-bond donors (Lipinski definition) is 1. The zero-order valence-electron chi connectivity index (χ0n) is 12.8. The van der Waals surface area contributed by atoms with Gasteiger partial charge in [-0.2, -0.15) is 0 Å². The predicted molar refractivity (Wildman–Crippen MR) is 83.8 cm³/mol. The van der Waals surface area contributed by atoms with Crippen LogP contribution in [0.5, 0.6) is 0 Å². The fourth-order valence-electron chi connectivity index (χ4n) is 2.87. The molecule has 112 valence electrons. The van der Waals surface area contributed by atoms with E-state index in [1.165, 1.54) is 30.5 Å². The molecule has 0 aromatic heterocycles. The highest BCUT2D eigenvalue weighted by atomic mass is 16.5. The molecule has 0 radical (unpaired) electrons. The summed E-state index contributed by atoms with van der Waals surface area (Å²) in [5, 5.41) is 0. The van der Waals surface area contributed by atoms with Crippen molar-refractivity contribution in [2.24, 2.45) is 5.73 Å². The fraction of sp³-hybridized carbons (Fsp3) is 0.647. The minimum atomic E-state index is 0.422. The standard InChI is InChI=1S/C17H28N2O/c1-3-20-17-5-4-10-19(13-17)12-15-6-8-16(9-7-15)14(2)11-18/h6-9,14,17H,3-5,10-13,18H2,1-2H3. The molecule has 1 fully saturated rings. The molecule has 2 unspecified atom stereocenters. The number of hydrogen-bond acceptors (Lipinski definition) is 3. The van der Waals surface area contributed by atoms with Gasteiger partial charge in [-0.25, -0.2) is 0 Å². The average molecular weight is 276 g/mol. The van der Waals surface area contributed by atoms with E-state index in [1.54, 1.807) is 0 Å². The second-order valence-electron chi connectivity index (χ2n) is 5.83. The van der Waals surface area contributed by atoms with Gasteiger partial charge >= 0.3 is 0 Å². The molecule has 1 heterocycles. The molecule has 3 nitrogen and oxygen atoms in total. The molecular weight excluding hydrogens is 248 g/mol. The molecule has 1 aromatic carbocycles. The number of nitrogens with zero attached hydrogens (tertiary/aromatic N) is 1. The van der Waals surface area contributed by atoms with E-state index in [0.29, 0.717) is 18.6 Å². The summed E-state index contributed by atoms with van der Waals surface area (Å²) in [5.74, 6) is 0.446. The maximum atomic E-state index is 5.76. The molecule has 0 spiro atoms. The first kappa shape index (κ1) is 15.5. The van der Waals surface area contributed by atoms with Crippen molar-refractivity contribution in [1.29, 1.82) is 0 Å². The van der Waals surface area contributed by atoms with Gasteiger partial charge in [0, 0.05) is 19.7 Å². The minimum Gasteiger partial charge on any atom is -0.377 e. The van der Waals surface area contributed by atoms with Crippen LogP contribution in [-0.2, 0) is 11.3 Å². The summed E-state index contributed by atoms with van der Waals surface area (Å²) in [6.07, 6.45) is 2.87. The summed E-state index contributed by atoms with van der Waals surface area (Å²) in [7, 11) is 0. The normalized spacial score (nSPS) is 21.9. The van der Waals surface area contributed by atoms with E-state index in [2.05, 4.69) is 43.0 Å². The minimum absolute atomic E-state index is 0.422. The Kier molecular flexibility index (Phi) is 6.02. The van der Waals surface area contributed by atoms with Gasteiger partial charge in [0.05, 0.1) is 6.10 Å².